The molecule has 204 valence electrons. The van der Waals surface area contributed by atoms with E-state index in [1.165, 1.54) is 25.5 Å². The van der Waals surface area contributed by atoms with Crippen LogP contribution in [-0.4, -0.2) is 47.3 Å². The molecule has 4 N–H and O–H groups in total. The van der Waals surface area contributed by atoms with Gasteiger partial charge in [0.15, 0.2) is 0 Å². The second kappa shape index (κ2) is 18.6. The van der Waals surface area contributed by atoms with Crippen molar-refractivity contribution in [3.05, 3.63) is 84.4 Å². The molecule has 8 nitrogen and oxygen atoms in total. The van der Waals surface area contributed by atoms with Gasteiger partial charge in [-0.05, 0) is 50.8 Å². The first-order valence-corrected chi connectivity index (χ1v) is 12.1. The Hall–Kier alpha value is -3.65. The quantitative estimate of drug-likeness (QED) is 0.110. The number of hydrogen-bond donors (Lipinski definition) is 4. The Balaban J connectivity index is 4.83. The molecule has 8 heteroatoms. The SMILES string of the molecule is C/C=C\CC(O)C/C=C\NC(=O)C(NC(=O)\C=C/C=C\C(C)=C\C/C=C/C=C(/OC)C(=O)O)C(C)(C)C. The van der Waals surface area contributed by atoms with Gasteiger partial charge >= 0.3 is 5.97 Å². The van der Waals surface area contributed by atoms with Crippen LogP contribution in [0.15, 0.2) is 84.4 Å². The molecule has 0 spiro atoms. The number of aliphatic hydroxyl groups excluding tert-OH is 1. The van der Waals surface area contributed by atoms with Crippen molar-refractivity contribution in [2.75, 3.05) is 7.11 Å². The number of nitrogens with one attached hydrogen (secondary N) is 2. The Morgan fingerprint density at radius 3 is 2.24 bits per heavy atom. The van der Waals surface area contributed by atoms with Crippen molar-refractivity contribution in [3.63, 3.8) is 0 Å². The molecular formula is C29H42N2O6. The molecule has 0 aromatic heterocycles. The summed E-state index contributed by atoms with van der Waals surface area (Å²) in [5.74, 6) is -2.00. The fourth-order valence-electron chi connectivity index (χ4n) is 2.84. The van der Waals surface area contributed by atoms with E-state index in [-0.39, 0.29) is 11.7 Å². The van der Waals surface area contributed by atoms with Gasteiger partial charge in [-0.25, -0.2) is 4.79 Å². The van der Waals surface area contributed by atoms with E-state index in [1.807, 2.05) is 58.9 Å². The van der Waals surface area contributed by atoms with E-state index in [4.69, 9.17) is 9.84 Å². The van der Waals surface area contributed by atoms with Crippen LogP contribution in [0.4, 0.5) is 0 Å². The lowest BCUT2D eigenvalue weighted by molar-refractivity contribution is -0.136. The summed E-state index contributed by atoms with van der Waals surface area (Å²) in [7, 11) is 1.30. The van der Waals surface area contributed by atoms with Crippen LogP contribution in [0.1, 0.15) is 53.9 Å². The lowest BCUT2D eigenvalue weighted by Gasteiger charge is -2.29. The van der Waals surface area contributed by atoms with E-state index in [0.29, 0.717) is 19.3 Å². The van der Waals surface area contributed by atoms with Crippen LogP contribution in [0, 0.1) is 5.41 Å². The second-order valence-electron chi connectivity index (χ2n) is 9.28. The molecule has 2 unspecified atom stereocenters. The minimum Gasteiger partial charge on any atom is -0.490 e. The van der Waals surface area contributed by atoms with Crippen molar-refractivity contribution in [1.82, 2.24) is 10.6 Å². The molecule has 0 fully saturated rings. The summed E-state index contributed by atoms with van der Waals surface area (Å²) < 4.78 is 4.73. The standard InChI is InChI=1S/C29H42N2O6/c1-7-8-17-23(32)18-14-21-30-27(34)26(29(3,4)5)31-25(33)20-13-12-16-22(2)15-10-9-11-19-24(37-6)28(35)36/h7-9,11-16,19-21,23,26,32H,10,17-18H2,1-6H3,(H,30,34)(H,31,33)(H,35,36)/b8-7-,11-9+,16-12-,20-13-,21-14-,22-15+,24-19+. The van der Waals surface area contributed by atoms with Crippen LogP contribution < -0.4 is 10.6 Å². The minimum atomic E-state index is -1.13. The van der Waals surface area contributed by atoms with Gasteiger partial charge in [0.05, 0.1) is 13.2 Å². The molecule has 0 aliphatic carbocycles. The Kier molecular flexibility index (Phi) is 16.8. The third kappa shape index (κ3) is 16.6. The summed E-state index contributed by atoms with van der Waals surface area (Å²) in [5, 5.41) is 24.1. The first kappa shape index (κ1) is 33.4. The first-order valence-electron chi connectivity index (χ1n) is 12.1. The number of carboxylic acid groups (broad SMARTS) is 1. The third-order valence-corrected chi connectivity index (χ3v) is 4.92. The predicted octanol–water partition coefficient (Wildman–Crippen LogP) is 4.48. The summed E-state index contributed by atoms with van der Waals surface area (Å²) in [6.45, 7) is 9.38. The van der Waals surface area contributed by atoms with Crippen molar-refractivity contribution in [2.45, 2.75) is 66.0 Å². The highest BCUT2D eigenvalue weighted by atomic mass is 16.5. The number of aliphatic hydroxyl groups is 1. The van der Waals surface area contributed by atoms with Gasteiger partial charge in [0.2, 0.25) is 17.6 Å². The average Bonchev–Trinajstić information content (AvgIpc) is 2.82. The van der Waals surface area contributed by atoms with E-state index in [0.717, 1.165) is 5.57 Å². The normalized spacial score (nSPS) is 15.2. The summed E-state index contributed by atoms with van der Waals surface area (Å²) in [6, 6.07) is -0.756. The molecule has 0 rings (SSSR count). The van der Waals surface area contributed by atoms with Crippen LogP contribution in [0.2, 0.25) is 0 Å². The molecule has 0 bridgehead atoms. The highest BCUT2D eigenvalue weighted by Crippen LogP contribution is 2.19. The van der Waals surface area contributed by atoms with Crippen LogP contribution in [0.3, 0.4) is 0 Å². The smallest absolute Gasteiger partial charge is 0.371 e. The maximum Gasteiger partial charge on any atom is 0.371 e. The van der Waals surface area contributed by atoms with Crippen molar-refractivity contribution in [2.24, 2.45) is 5.41 Å². The van der Waals surface area contributed by atoms with Crippen LogP contribution >= 0.6 is 0 Å². The molecule has 0 aromatic rings. The van der Waals surface area contributed by atoms with E-state index in [1.54, 1.807) is 30.4 Å². The summed E-state index contributed by atoms with van der Waals surface area (Å²) in [4.78, 5) is 35.9. The number of carboxylic acids is 1. The molecular weight excluding hydrogens is 472 g/mol. The number of amides is 2. The zero-order valence-electron chi connectivity index (χ0n) is 22.7. The van der Waals surface area contributed by atoms with Crippen LogP contribution in [-0.2, 0) is 19.1 Å². The number of carbonyl (C=O) groups excluding carboxylic acids is 2. The summed E-state index contributed by atoms with van der Waals surface area (Å²) >= 11 is 0. The van der Waals surface area contributed by atoms with Gasteiger partial charge in [-0.15, -0.1) is 0 Å². The van der Waals surface area contributed by atoms with Crippen molar-refractivity contribution >= 4 is 17.8 Å². The molecule has 0 aliphatic rings. The zero-order valence-corrected chi connectivity index (χ0v) is 22.7. The van der Waals surface area contributed by atoms with Gasteiger partial charge in [-0.1, -0.05) is 81.0 Å². The Morgan fingerprint density at radius 2 is 1.65 bits per heavy atom. The highest BCUT2D eigenvalue weighted by Gasteiger charge is 2.31. The van der Waals surface area contributed by atoms with Crippen molar-refractivity contribution in [3.8, 4) is 0 Å². The molecule has 2 atom stereocenters. The largest absolute Gasteiger partial charge is 0.490 e. The lowest BCUT2D eigenvalue weighted by atomic mass is 9.86. The molecule has 0 heterocycles. The van der Waals surface area contributed by atoms with Crippen molar-refractivity contribution < 1.29 is 29.3 Å². The molecule has 0 radical (unpaired) electrons. The van der Waals surface area contributed by atoms with E-state index < -0.39 is 29.4 Å². The maximum absolute atomic E-state index is 12.7. The number of ether oxygens (including phenoxy) is 1. The van der Waals surface area contributed by atoms with Crippen LogP contribution in [0.5, 0.6) is 0 Å². The topological polar surface area (TPSA) is 125 Å². The van der Waals surface area contributed by atoms with Gasteiger partial charge in [-0.2, -0.15) is 0 Å². The molecule has 0 aromatic carbocycles. The Labute approximate surface area is 220 Å². The van der Waals surface area contributed by atoms with Gasteiger partial charge in [0.25, 0.3) is 0 Å². The van der Waals surface area contributed by atoms with E-state index >= 15 is 0 Å². The fourth-order valence-corrected chi connectivity index (χ4v) is 2.84. The summed E-state index contributed by atoms with van der Waals surface area (Å²) in [6.07, 6.45) is 21.2. The number of rotatable bonds is 15. The minimum absolute atomic E-state index is 0.140. The van der Waals surface area contributed by atoms with E-state index in [9.17, 15) is 19.5 Å². The number of allylic oxidation sites excluding steroid dienone is 9. The van der Waals surface area contributed by atoms with Gasteiger partial charge in [-0.3, -0.25) is 9.59 Å². The summed E-state index contributed by atoms with van der Waals surface area (Å²) in [5.41, 5.74) is 0.442. The van der Waals surface area contributed by atoms with Crippen molar-refractivity contribution in [1.29, 1.82) is 0 Å². The van der Waals surface area contributed by atoms with Gasteiger partial charge in [0, 0.05) is 6.08 Å². The number of hydrogen-bond acceptors (Lipinski definition) is 5. The van der Waals surface area contributed by atoms with Crippen LogP contribution in [0.25, 0.3) is 0 Å². The highest BCUT2D eigenvalue weighted by molar-refractivity contribution is 5.93. The lowest BCUT2D eigenvalue weighted by Crippen LogP contribution is -2.52. The number of carbonyl (C=O) groups is 3. The number of methoxy groups -OCH3 is 1. The Bertz CT molecular complexity index is 946. The zero-order chi connectivity index (χ0) is 28.3. The first-order chi connectivity index (χ1) is 17.4. The Morgan fingerprint density at radius 1 is 1.00 bits per heavy atom. The average molecular weight is 515 g/mol. The molecule has 0 saturated carbocycles. The maximum atomic E-state index is 12.7. The van der Waals surface area contributed by atoms with Gasteiger partial charge in [0.1, 0.15) is 6.04 Å². The molecule has 37 heavy (non-hydrogen) atoms. The second-order valence-corrected chi connectivity index (χ2v) is 9.28. The molecule has 2 amide bonds. The van der Waals surface area contributed by atoms with Gasteiger partial charge < -0.3 is 25.6 Å². The fraction of sp³-hybridized carbons (Fsp3) is 0.414. The number of aliphatic carboxylic acids is 1. The monoisotopic (exact) mass is 514 g/mol. The predicted molar refractivity (Wildman–Crippen MR) is 147 cm³/mol. The molecule has 0 saturated heterocycles. The van der Waals surface area contributed by atoms with E-state index in [2.05, 4.69) is 10.6 Å². The third-order valence-electron chi connectivity index (χ3n) is 4.92. The molecule has 0 aliphatic heterocycles.